The topological polar surface area (TPSA) is 197 Å². The number of amides is 2. The number of anilines is 1. The van der Waals surface area contributed by atoms with E-state index in [-0.39, 0.29) is 22.2 Å². The molecule has 0 saturated carbocycles. The summed E-state index contributed by atoms with van der Waals surface area (Å²) in [5, 5.41) is 29.1. The average Bonchev–Trinajstić information content (AvgIpc) is 3.69. The standard InChI is InChI=1S/C20H21N9O5S5/c1-34-28-11(9-6-36-18(21)24-9)14(30)25-12-15(31)29-13(17(32)33)8(4-35-16(12)29)5-37-19-26-27-20(39-19)38-7-10-22-2-3-23-10/h6,12,16H,2-5,7H2,1H3,(H2,21,24)(H,22,23)(H,25,30)(H,32,33)/b28-11-/t12-,16+/m1/s1. The lowest BCUT2D eigenvalue weighted by molar-refractivity contribution is -0.150. The molecule has 1 saturated heterocycles. The number of carboxylic acids is 1. The van der Waals surface area contributed by atoms with Gasteiger partial charge in [-0.25, -0.2) is 9.78 Å². The lowest BCUT2D eigenvalue weighted by atomic mass is 10.0. The maximum Gasteiger partial charge on any atom is 0.352 e. The van der Waals surface area contributed by atoms with Crippen LogP contribution in [-0.4, -0.2) is 103 Å². The zero-order chi connectivity index (χ0) is 27.5. The summed E-state index contributed by atoms with van der Waals surface area (Å²) >= 11 is 6.85. The number of nitrogen functional groups attached to an aromatic ring is 1. The van der Waals surface area contributed by atoms with Gasteiger partial charge in [-0.05, 0) is 5.57 Å². The quantitative estimate of drug-likeness (QED) is 0.117. The van der Waals surface area contributed by atoms with Crippen molar-refractivity contribution in [2.45, 2.75) is 20.1 Å². The van der Waals surface area contributed by atoms with Crippen molar-refractivity contribution in [3.05, 3.63) is 22.3 Å². The number of carbonyl (C=O) groups excluding carboxylic acids is 2. The van der Waals surface area contributed by atoms with Gasteiger partial charge in [-0.3, -0.25) is 19.5 Å². The minimum absolute atomic E-state index is 0.0655. The molecule has 2 amide bonds. The fourth-order valence-electron chi connectivity index (χ4n) is 3.83. The molecule has 206 valence electrons. The van der Waals surface area contributed by atoms with Crippen LogP contribution < -0.4 is 16.4 Å². The molecular weight excluding hydrogens is 607 g/mol. The maximum atomic E-state index is 13.0. The van der Waals surface area contributed by atoms with Gasteiger partial charge in [0.05, 0.1) is 12.3 Å². The van der Waals surface area contributed by atoms with E-state index in [0.717, 1.165) is 34.6 Å². The summed E-state index contributed by atoms with van der Waals surface area (Å²) in [6.45, 7) is 1.63. The van der Waals surface area contributed by atoms with Gasteiger partial charge >= 0.3 is 5.97 Å². The van der Waals surface area contributed by atoms with Crippen LogP contribution in [0.5, 0.6) is 0 Å². The van der Waals surface area contributed by atoms with Crippen molar-refractivity contribution >= 4 is 92.4 Å². The fourth-order valence-corrected chi connectivity index (χ4v) is 8.81. The lowest BCUT2D eigenvalue weighted by Crippen LogP contribution is -2.71. The van der Waals surface area contributed by atoms with Crippen molar-refractivity contribution in [2.75, 3.05) is 43.2 Å². The third-order valence-corrected chi connectivity index (χ3v) is 10.8. The summed E-state index contributed by atoms with van der Waals surface area (Å²) in [6.07, 6.45) is 0. The molecule has 0 aromatic carbocycles. The number of nitrogens with two attached hydrogens (primary N) is 1. The van der Waals surface area contributed by atoms with Crippen molar-refractivity contribution in [2.24, 2.45) is 10.1 Å². The number of hydrogen-bond acceptors (Lipinski definition) is 16. The summed E-state index contributed by atoms with van der Waals surface area (Å²) in [5.74, 6) is -0.0482. The van der Waals surface area contributed by atoms with E-state index >= 15 is 0 Å². The van der Waals surface area contributed by atoms with Crippen LogP contribution in [0.2, 0.25) is 0 Å². The Hall–Kier alpha value is -2.87. The van der Waals surface area contributed by atoms with Crippen LogP contribution in [0, 0.1) is 0 Å². The van der Waals surface area contributed by atoms with Crippen LogP contribution in [0.1, 0.15) is 5.69 Å². The van der Waals surface area contributed by atoms with Crippen molar-refractivity contribution in [1.29, 1.82) is 0 Å². The van der Waals surface area contributed by atoms with Gasteiger partial charge in [0.25, 0.3) is 11.8 Å². The average molecular weight is 628 g/mol. The van der Waals surface area contributed by atoms with Gasteiger partial charge in [0.1, 0.15) is 35.8 Å². The number of carbonyl (C=O) groups is 3. The van der Waals surface area contributed by atoms with Crippen LogP contribution >= 0.6 is 58.0 Å². The summed E-state index contributed by atoms with van der Waals surface area (Å²) in [6, 6.07) is -0.925. The summed E-state index contributed by atoms with van der Waals surface area (Å²) < 4.78 is 1.50. The van der Waals surface area contributed by atoms with Crippen LogP contribution in [0.3, 0.4) is 0 Å². The van der Waals surface area contributed by atoms with Gasteiger partial charge in [0, 0.05) is 23.4 Å². The molecule has 1 fully saturated rings. The molecule has 2 aromatic heterocycles. The molecule has 0 radical (unpaired) electrons. The molecule has 5 rings (SSSR count). The Balaban J connectivity index is 1.22. The van der Waals surface area contributed by atoms with Gasteiger partial charge in [-0.1, -0.05) is 40.0 Å². The van der Waals surface area contributed by atoms with Crippen molar-refractivity contribution in [1.82, 2.24) is 30.7 Å². The zero-order valence-electron chi connectivity index (χ0n) is 20.1. The smallest absolute Gasteiger partial charge is 0.352 e. The molecular formula is C20H21N9O5S5. The monoisotopic (exact) mass is 627 g/mol. The molecule has 3 aliphatic rings. The number of nitrogens with zero attached hydrogens (tertiary/aromatic N) is 6. The van der Waals surface area contributed by atoms with E-state index in [1.54, 1.807) is 17.1 Å². The Morgan fingerprint density at radius 3 is 2.74 bits per heavy atom. The Labute approximate surface area is 242 Å². The molecule has 3 aliphatic heterocycles. The number of aliphatic imine (C=N–C) groups is 1. The number of amidine groups is 1. The van der Waals surface area contributed by atoms with E-state index in [9.17, 15) is 19.5 Å². The van der Waals surface area contributed by atoms with Gasteiger partial charge in [-0.2, -0.15) is 0 Å². The molecule has 0 aliphatic carbocycles. The highest BCUT2D eigenvalue weighted by molar-refractivity contribution is 8.03. The molecule has 19 heteroatoms. The third kappa shape index (κ3) is 6.01. The first-order valence-corrected chi connectivity index (χ1v) is 16.0. The Morgan fingerprint density at radius 1 is 1.33 bits per heavy atom. The van der Waals surface area contributed by atoms with Gasteiger partial charge in [0.2, 0.25) is 0 Å². The van der Waals surface area contributed by atoms with Gasteiger partial charge in [0.15, 0.2) is 19.5 Å². The highest BCUT2D eigenvalue weighted by Gasteiger charge is 2.54. The van der Waals surface area contributed by atoms with Crippen LogP contribution in [0.15, 0.2) is 35.5 Å². The first-order valence-electron chi connectivity index (χ1n) is 11.3. The molecule has 0 spiro atoms. The lowest BCUT2D eigenvalue weighted by Gasteiger charge is -2.49. The number of aromatic nitrogens is 3. The molecule has 0 unspecified atom stereocenters. The minimum atomic E-state index is -1.20. The van der Waals surface area contributed by atoms with E-state index in [1.807, 2.05) is 0 Å². The second kappa shape index (κ2) is 12.1. The van der Waals surface area contributed by atoms with E-state index in [4.69, 9.17) is 10.6 Å². The molecule has 5 N–H and O–H groups in total. The Bertz CT molecular complexity index is 1390. The Kier molecular flexibility index (Phi) is 8.60. The predicted molar refractivity (Wildman–Crippen MR) is 151 cm³/mol. The number of β-lactam (4-membered cyclic amide) rings is 1. The van der Waals surface area contributed by atoms with Crippen LogP contribution in [-0.2, 0) is 19.2 Å². The molecule has 2 aromatic rings. The number of nitrogens with one attached hydrogen (secondary N) is 2. The predicted octanol–water partition coefficient (Wildman–Crippen LogP) is 0.552. The van der Waals surface area contributed by atoms with E-state index in [0.29, 0.717) is 27.2 Å². The molecule has 0 bridgehead atoms. The van der Waals surface area contributed by atoms with Crippen molar-refractivity contribution < 1.29 is 24.3 Å². The second-order valence-electron chi connectivity index (χ2n) is 7.98. The third-order valence-electron chi connectivity index (χ3n) is 5.53. The molecule has 5 heterocycles. The zero-order valence-corrected chi connectivity index (χ0v) is 24.2. The maximum absolute atomic E-state index is 13.0. The summed E-state index contributed by atoms with van der Waals surface area (Å²) in [5.41, 5.74) is 6.27. The summed E-state index contributed by atoms with van der Waals surface area (Å²) in [4.78, 5) is 52.5. The van der Waals surface area contributed by atoms with Gasteiger partial charge < -0.3 is 26.3 Å². The first-order chi connectivity index (χ1) is 18.9. The van der Waals surface area contributed by atoms with Crippen molar-refractivity contribution in [3.63, 3.8) is 0 Å². The second-order valence-corrected chi connectivity index (χ2v) is 13.4. The number of carboxylic acid groups (broad SMARTS) is 1. The largest absolute Gasteiger partial charge is 0.477 e. The number of fused-ring (bicyclic) bond motifs is 1. The number of aliphatic carboxylic acids is 1. The van der Waals surface area contributed by atoms with E-state index in [1.165, 1.54) is 46.9 Å². The van der Waals surface area contributed by atoms with Gasteiger partial charge in [-0.15, -0.1) is 33.3 Å². The molecule has 39 heavy (non-hydrogen) atoms. The van der Waals surface area contributed by atoms with E-state index < -0.39 is 29.2 Å². The fraction of sp³-hybridized carbons (Fsp3) is 0.400. The number of thiazole rings is 1. The molecule has 14 nitrogen and oxygen atoms in total. The SMILES string of the molecule is CO/N=C(\C(=O)N[C@@H]1C(=O)N2C(C(=O)O)=C(CSc3nnc(SCC4=NCCN4)s3)CS[C@@H]12)c1csc(N)n1. The van der Waals surface area contributed by atoms with E-state index in [2.05, 4.69) is 36.0 Å². The molecule has 2 atom stereocenters. The van der Waals surface area contributed by atoms with Crippen LogP contribution in [0.25, 0.3) is 0 Å². The summed E-state index contributed by atoms with van der Waals surface area (Å²) in [7, 11) is 1.28. The highest BCUT2D eigenvalue weighted by atomic mass is 32.2. The first kappa shape index (κ1) is 27.7. The number of rotatable bonds is 11. The highest BCUT2D eigenvalue weighted by Crippen LogP contribution is 2.42. The number of hydrogen-bond donors (Lipinski definition) is 4. The van der Waals surface area contributed by atoms with Crippen molar-refractivity contribution in [3.8, 4) is 0 Å². The Morgan fingerprint density at radius 2 is 2.10 bits per heavy atom. The van der Waals surface area contributed by atoms with Crippen LogP contribution in [0.4, 0.5) is 5.13 Å². The normalized spacial score (nSPS) is 20.7. The number of oxime groups is 1. The number of thioether (sulfide) groups is 3. The minimum Gasteiger partial charge on any atom is -0.477 e.